The van der Waals surface area contributed by atoms with Crippen LogP contribution in [0.2, 0.25) is 0 Å². The van der Waals surface area contributed by atoms with Gasteiger partial charge in [0.2, 0.25) is 0 Å². The number of urea groups is 1. The van der Waals surface area contributed by atoms with Crippen molar-refractivity contribution in [1.29, 1.82) is 0 Å². The average molecular weight is 457 g/mol. The number of hydrogen-bond acceptors (Lipinski definition) is 6. The molecule has 2 aliphatic rings. The Bertz CT molecular complexity index is 1090. The zero-order valence-corrected chi connectivity index (χ0v) is 18.3. The molecule has 3 atom stereocenters. The molecule has 2 amide bonds. The Morgan fingerprint density at radius 1 is 1.16 bits per heavy atom. The Balaban J connectivity index is 1.07. The van der Waals surface area contributed by atoms with E-state index in [9.17, 15) is 9.18 Å². The Morgan fingerprint density at radius 2 is 1.88 bits per heavy atom. The van der Waals surface area contributed by atoms with Crippen LogP contribution in [0.3, 0.4) is 0 Å². The molecule has 0 aliphatic carbocycles. The van der Waals surface area contributed by atoms with E-state index < -0.39 is 0 Å². The lowest BCUT2D eigenvalue weighted by atomic mass is 9.98. The number of carbonyl (C=O) groups is 1. The van der Waals surface area contributed by atoms with Crippen LogP contribution in [0.15, 0.2) is 42.5 Å². The Kier molecular flexibility index (Phi) is 5.84. The number of benzene rings is 2. The van der Waals surface area contributed by atoms with Crippen LogP contribution >= 0.6 is 11.3 Å². The lowest BCUT2D eigenvalue weighted by Gasteiger charge is -2.38. The number of thiazole rings is 1. The maximum absolute atomic E-state index is 13.3. The molecule has 2 fully saturated rings. The molecule has 0 radical (unpaired) electrons. The number of hydrogen-bond donors (Lipinski definition) is 2. The number of halogens is 1. The van der Waals surface area contributed by atoms with E-state index in [0.29, 0.717) is 29.1 Å². The van der Waals surface area contributed by atoms with E-state index in [0.717, 1.165) is 42.7 Å². The van der Waals surface area contributed by atoms with Crippen molar-refractivity contribution < 1.29 is 18.7 Å². The first-order valence-electron chi connectivity index (χ1n) is 10.8. The molecule has 3 heterocycles. The van der Waals surface area contributed by atoms with Crippen LogP contribution in [0.4, 0.5) is 9.18 Å². The minimum absolute atomic E-state index is 0.270. The van der Waals surface area contributed by atoms with Gasteiger partial charge < -0.3 is 25.4 Å². The van der Waals surface area contributed by atoms with E-state index in [-0.39, 0.29) is 23.9 Å². The summed E-state index contributed by atoms with van der Waals surface area (Å²) in [6, 6.07) is 12.5. The number of amides is 2. The molecule has 1 unspecified atom stereocenters. The molecule has 32 heavy (non-hydrogen) atoms. The third-order valence-electron chi connectivity index (χ3n) is 6.15. The van der Waals surface area contributed by atoms with Gasteiger partial charge in [0.15, 0.2) is 0 Å². The molecule has 9 heteroatoms. The topological polar surface area (TPSA) is 89.7 Å². The Morgan fingerprint density at radius 3 is 2.59 bits per heavy atom. The molecule has 1 aromatic heterocycles. The summed E-state index contributed by atoms with van der Waals surface area (Å²) in [5.74, 6) is 1.12. The van der Waals surface area contributed by atoms with Crippen LogP contribution in [0.1, 0.15) is 25.7 Å². The van der Waals surface area contributed by atoms with Gasteiger partial charge >= 0.3 is 6.03 Å². The first-order chi connectivity index (χ1) is 15.5. The van der Waals surface area contributed by atoms with Crippen molar-refractivity contribution in [3.63, 3.8) is 0 Å². The van der Waals surface area contributed by atoms with Gasteiger partial charge in [0, 0.05) is 24.7 Å². The third-order valence-corrected chi connectivity index (χ3v) is 7.05. The fourth-order valence-electron chi connectivity index (χ4n) is 4.76. The van der Waals surface area contributed by atoms with Gasteiger partial charge in [-0.1, -0.05) is 11.3 Å². The highest BCUT2D eigenvalue weighted by molar-refractivity contribution is 7.20. The molecule has 2 bridgehead atoms. The molecular weight excluding hydrogens is 431 g/mol. The number of carbonyl (C=O) groups excluding carboxylic acids is 1. The van der Waals surface area contributed by atoms with Crippen LogP contribution in [0, 0.1) is 5.82 Å². The van der Waals surface area contributed by atoms with Crippen molar-refractivity contribution in [2.24, 2.45) is 5.73 Å². The van der Waals surface area contributed by atoms with Gasteiger partial charge in [0.1, 0.15) is 23.9 Å². The minimum Gasteiger partial charge on any atom is -0.492 e. The maximum Gasteiger partial charge on any atom is 0.315 e. The van der Waals surface area contributed by atoms with E-state index in [1.807, 2.05) is 29.2 Å². The highest BCUT2D eigenvalue weighted by atomic mass is 32.1. The van der Waals surface area contributed by atoms with Gasteiger partial charge in [-0.2, -0.15) is 0 Å². The summed E-state index contributed by atoms with van der Waals surface area (Å²) < 4.78 is 25.7. The van der Waals surface area contributed by atoms with Crippen LogP contribution in [0.5, 0.6) is 16.7 Å². The summed E-state index contributed by atoms with van der Waals surface area (Å²) in [4.78, 5) is 17.8. The standard InChI is InChI=1S/C23H25FN4O3S/c24-14-1-8-20-21(11-14)32-23(27-20)31-19-6-4-18(5-7-19)30-10-9-26-15-12-16-2-3-17(13-15)28(16)22(25)29/h1,4-8,11,15-17,26H,2-3,9-10,12-13H2,(H2,25,29)/t15?,16-,17+. The lowest BCUT2D eigenvalue weighted by Crippen LogP contribution is -2.53. The molecular formula is C23H25FN4O3S. The molecule has 3 N–H and O–H groups in total. The van der Waals surface area contributed by atoms with Gasteiger partial charge in [-0.25, -0.2) is 14.2 Å². The second-order valence-corrected chi connectivity index (χ2v) is 9.26. The van der Waals surface area contributed by atoms with E-state index in [4.69, 9.17) is 15.2 Å². The van der Waals surface area contributed by atoms with Gasteiger partial charge in [-0.05, 0) is 68.1 Å². The molecule has 168 valence electrons. The summed E-state index contributed by atoms with van der Waals surface area (Å²) in [5, 5.41) is 4.02. The summed E-state index contributed by atoms with van der Waals surface area (Å²) in [6.45, 7) is 1.29. The Labute approximate surface area is 189 Å². The van der Waals surface area contributed by atoms with Crippen molar-refractivity contribution in [3.05, 3.63) is 48.3 Å². The molecule has 2 saturated heterocycles. The number of fused-ring (bicyclic) bond motifs is 3. The van der Waals surface area contributed by atoms with Crippen molar-refractivity contribution >= 4 is 27.6 Å². The number of nitrogens with zero attached hydrogens (tertiary/aromatic N) is 2. The van der Waals surface area contributed by atoms with Crippen molar-refractivity contribution in [1.82, 2.24) is 15.2 Å². The number of primary amides is 1. The number of ether oxygens (including phenoxy) is 2. The van der Waals surface area contributed by atoms with E-state index in [2.05, 4.69) is 10.3 Å². The SMILES string of the molecule is NC(=O)N1[C@@H]2CC[C@H]1CC(NCCOc1ccc(Oc3nc4ccc(F)cc4s3)cc1)C2. The molecule has 0 spiro atoms. The molecule has 2 aliphatic heterocycles. The molecule has 5 rings (SSSR count). The second kappa shape index (κ2) is 8.91. The third kappa shape index (κ3) is 4.49. The molecule has 2 aromatic carbocycles. The Hall–Kier alpha value is -2.91. The highest BCUT2D eigenvalue weighted by Crippen LogP contribution is 2.35. The largest absolute Gasteiger partial charge is 0.492 e. The monoisotopic (exact) mass is 456 g/mol. The van der Waals surface area contributed by atoms with E-state index >= 15 is 0 Å². The summed E-state index contributed by atoms with van der Waals surface area (Å²) in [5.41, 5.74) is 6.23. The zero-order chi connectivity index (χ0) is 22.1. The van der Waals surface area contributed by atoms with Gasteiger partial charge in [0.25, 0.3) is 5.19 Å². The number of aromatic nitrogens is 1. The number of rotatable bonds is 7. The zero-order valence-electron chi connectivity index (χ0n) is 17.5. The number of nitrogens with one attached hydrogen (secondary N) is 1. The van der Waals surface area contributed by atoms with Crippen molar-refractivity contribution in [3.8, 4) is 16.7 Å². The fraction of sp³-hybridized carbons (Fsp3) is 0.391. The predicted octanol–water partition coefficient (Wildman–Crippen LogP) is 4.27. The summed E-state index contributed by atoms with van der Waals surface area (Å²) in [6.07, 6.45) is 3.99. The molecule has 0 saturated carbocycles. The van der Waals surface area contributed by atoms with Crippen LogP contribution in [0.25, 0.3) is 10.2 Å². The van der Waals surface area contributed by atoms with Gasteiger partial charge in [0.05, 0.1) is 10.2 Å². The van der Waals surface area contributed by atoms with Crippen LogP contribution in [-0.4, -0.2) is 47.2 Å². The number of nitrogens with two attached hydrogens (primary N) is 1. The lowest BCUT2D eigenvalue weighted by molar-refractivity contribution is 0.136. The summed E-state index contributed by atoms with van der Waals surface area (Å²) >= 11 is 1.31. The normalized spacial score (nSPS) is 22.3. The van der Waals surface area contributed by atoms with Crippen LogP contribution in [-0.2, 0) is 0 Å². The second-order valence-electron chi connectivity index (χ2n) is 8.27. The quantitative estimate of drug-likeness (QED) is 0.518. The van der Waals surface area contributed by atoms with E-state index in [1.54, 1.807) is 6.07 Å². The first-order valence-corrected chi connectivity index (χ1v) is 11.6. The number of piperidine rings is 1. The fourth-order valence-corrected chi connectivity index (χ4v) is 5.62. The van der Waals surface area contributed by atoms with Gasteiger partial charge in [-0.3, -0.25) is 0 Å². The smallest absolute Gasteiger partial charge is 0.315 e. The van der Waals surface area contributed by atoms with E-state index in [1.165, 1.54) is 23.5 Å². The van der Waals surface area contributed by atoms with Crippen molar-refractivity contribution in [2.45, 2.75) is 43.8 Å². The summed E-state index contributed by atoms with van der Waals surface area (Å²) in [7, 11) is 0. The average Bonchev–Trinajstić information content (AvgIpc) is 3.29. The first kappa shape index (κ1) is 21.0. The highest BCUT2D eigenvalue weighted by Gasteiger charge is 2.42. The molecule has 3 aromatic rings. The van der Waals surface area contributed by atoms with Crippen LogP contribution < -0.4 is 20.5 Å². The predicted molar refractivity (Wildman–Crippen MR) is 121 cm³/mol. The van der Waals surface area contributed by atoms with Crippen molar-refractivity contribution in [2.75, 3.05) is 13.2 Å². The maximum atomic E-state index is 13.3. The molecule has 7 nitrogen and oxygen atoms in total. The van der Waals surface area contributed by atoms with Gasteiger partial charge in [-0.15, -0.1) is 0 Å². The minimum atomic E-state index is -0.288.